The number of anilines is 1. The Morgan fingerprint density at radius 3 is 2.74 bits per heavy atom. The normalized spacial score (nSPS) is 16.1. The van der Waals surface area contributed by atoms with Gasteiger partial charge in [-0.3, -0.25) is 0 Å². The maximum absolute atomic E-state index is 12.0. The lowest BCUT2D eigenvalue weighted by atomic mass is 9.90. The molecular formula is C15H21NO3. The fourth-order valence-corrected chi connectivity index (χ4v) is 2.50. The molecule has 0 heterocycles. The summed E-state index contributed by atoms with van der Waals surface area (Å²) >= 11 is 0. The van der Waals surface area contributed by atoms with Gasteiger partial charge in [-0.1, -0.05) is 19.3 Å². The number of hydrogen-bond donors (Lipinski definition) is 1. The minimum Gasteiger partial charge on any atom is -0.496 e. The van der Waals surface area contributed by atoms with E-state index in [0.29, 0.717) is 29.5 Å². The predicted molar refractivity (Wildman–Crippen MR) is 74.3 cm³/mol. The van der Waals surface area contributed by atoms with Gasteiger partial charge in [0, 0.05) is 11.8 Å². The summed E-state index contributed by atoms with van der Waals surface area (Å²) in [6.45, 7) is 0.506. The van der Waals surface area contributed by atoms with E-state index in [1.165, 1.54) is 26.4 Å². The molecule has 0 radical (unpaired) electrons. The lowest BCUT2D eigenvalue weighted by Gasteiger charge is -2.21. The van der Waals surface area contributed by atoms with Gasteiger partial charge in [-0.2, -0.15) is 0 Å². The zero-order chi connectivity index (χ0) is 13.7. The molecule has 0 bridgehead atoms. The lowest BCUT2D eigenvalue weighted by Crippen LogP contribution is -2.17. The molecule has 1 aliphatic rings. The van der Waals surface area contributed by atoms with E-state index in [0.717, 1.165) is 12.8 Å². The van der Waals surface area contributed by atoms with E-state index in [1.54, 1.807) is 18.2 Å². The van der Waals surface area contributed by atoms with Crippen molar-refractivity contribution in [2.24, 2.45) is 5.92 Å². The molecule has 19 heavy (non-hydrogen) atoms. The summed E-state index contributed by atoms with van der Waals surface area (Å²) in [5.74, 6) is 0.647. The summed E-state index contributed by atoms with van der Waals surface area (Å²) in [5.41, 5.74) is 6.67. The fraction of sp³-hybridized carbons (Fsp3) is 0.533. The van der Waals surface area contributed by atoms with Crippen molar-refractivity contribution in [2.75, 3.05) is 19.5 Å². The predicted octanol–water partition coefficient (Wildman–Crippen LogP) is 3.01. The number of nitrogens with two attached hydrogens (primary N) is 1. The van der Waals surface area contributed by atoms with Crippen molar-refractivity contribution in [3.05, 3.63) is 23.8 Å². The van der Waals surface area contributed by atoms with Crippen molar-refractivity contribution in [2.45, 2.75) is 32.1 Å². The summed E-state index contributed by atoms with van der Waals surface area (Å²) in [5, 5.41) is 0. The second-order valence-corrected chi connectivity index (χ2v) is 5.06. The third kappa shape index (κ3) is 3.63. The lowest BCUT2D eigenvalue weighted by molar-refractivity contribution is 0.0407. The first-order valence-electron chi connectivity index (χ1n) is 6.81. The molecule has 104 valence electrons. The monoisotopic (exact) mass is 263 g/mol. The number of nitrogen functional groups attached to an aromatic ring is 1. The van der Waals surface area contributed by atoms with Gasteiger partial charge in [-0.25, -0.2) is 4.79 Å². The Bertz CT molecular complexity index is 439. The smallest absolute Gasteiger partial charge is 0.341 e. The van der Waals surface area contributed by atoms with Crippen LogP contribution in [0.4, 0.5) is 5.69 Å². The minimum atomic E-state index is -0.331. The Kier molecular flexibility index (Phi) is 4.66. The van der Waals surface area contributed by atoms with Gasteiger partial charge in [0.1, 0.15) is 11.3 Å². The Labute approximate surface area is 113 Å². The van der Waals surface area contributed by atoms with Crippen LogP contribution in [0.5, 0.6) is 5.75 Å². The molecule has 0 atom stereocenters. The topological polar surface area (TPSA) is 61.5 Å². The highest BCUT2D eigenvalue weighted by Gasteiger charge is 2.18. The average Bonchev–Trinajstić information content (AvgIpc) is 2.45. The van der Waals surface area contributed by atoms with Crippen molar-refractivity contribution >= 4 is 11.7 Å². The summed E-state index contributed by atoms with van der Waals surface area (Å²) < 4.78 is 10.5. The van der Waals surface area contributed by atoms with E-state index in [4.69, 9.17) is 15.2 Å². The Morgan fingerprint density at radius 2 is 2.05 bits per heavy atom. The zero-order valence-corrected chi connectivity index (χ0v) is 11.4. The van der Waals surface area contributed by atoms with Crippen LogP contribution in [0.1, 0.15) is 42.5 Å². The SMILES string of the molecule is COc1cc(N)ccc1C(=O)OCC1CCCCC1. The largest absolute Gasteiger partial charge is 0.496 e. The molecule has 0 saturated heterocycles. The molecular weight excluding hydrogens is 242 g/mol. The molecule has 4 nitrogen and oxygen atoms in total. The molecule has 2 rings (SSSR count). The first kappa shape index (κ1) is 13.7. The minimum absolute atomic E-state index is 0.331. The highest BCUT2D eigenvalue weighted by Crippen LogP contribution is 2.26. The highest BCUT2D eigenvalue weighted by atomic mass is 16.5. The van der Waals surface area contributed by atoms with E-state index in [-0.39, 0.29) is 5.97 Å². The molecule has 1 saturated carbocycles. The summed E-state index contributed by atoms with van der Waals surface area (Å²) in [7, 11) is 1.52. The third-order valence-electron chi connectivity index (χ3n) is 3.62. The molecule has 0 aromatic heterocycles. The van der Waals surface area contributed by atoms with Crippen molar-refractivity contribution in [3.63, 3.8) is 0 Å². The molecule has 0 unspecified atom stereocenters. The van der Waals surface area contributed by atoms with Gasteiger partial charge in [0.25, 0.3) is 0 Å². The number of esters is 1. The van der Waals surface area contributed by atoms with Crippen LogP contribution in [-0.4, -0.2) is 19.7 Å². The van der Waals surface area contributed by atoms with Gasteiger partial charge in [0.2, 0.25) is 0 Å². The van der Waals surface area contributed by atoms with Crippen LogP contribution < -0.4 is 10.5 Å². The maximum atomic E-state index is 12.0. The van der Waals surface area contributed by atoms with E-state index >= 15 is 0 Å². The summed E-state index contributed by atoms with van der Waals surface area (Å²) in [6, 6.07) is 4.97. The number of ether oxygens (including phenoxy) is 2. The van der Waals surface area contributed by atoms with E-state index in [2.05, 4.69) is 0 Å². The van der Waals surface area contributed by atoms with Crippen molar-refractivity contribution in [1.82, 2.24) is 0 Å². The molecule has 4 heteroatoms. The molecule has 2 N–H and O–H groups in total. The number of rotatable bonds is 4. The van der Waals surface area contributed by atoms with Crippen LogP contribution >= 0.6 is 0 Å². The van der Waals surface area contributed by atoms with Gasteiger partial charge in [0.15, 0.2) is 0 Å². The van der Waals surface area contributed by atoms with Crippen LogP contribution in [0.25, 0.3) is 0 Å². The van der Waals surface area contributed by atoms with Gasteiger partial charge < -0.3 is 15.2 Å². The van der Waals surface area contributed by atoms with Crippen molar-refractivity contribution < 1.29 is 14.3 Å². The van der Waals surface area contributed by atoms with E-state index in [1.807, 2.05) is 0 Å². The molecule has 0 aliphatic heterocycles. The van der Waals surface area contributed by atoms with Crippen LogP contribution in [0, 0.1) is 5.92 Å². The summed E-state index contributed by atoms with van der Waals surface area (Å²) in [4.78, 5) is 12.0. The molecule has 0 spiro atoms. The second-order valence-electron chi connectivity index (χ2n) is 5.06. The van der Waals surface area contributed by atoms with Crippen LogP contribution in [-0.2, 0) is 4.74 Å². The first-order chi connectivity index (χ1) is 9.20. The fourth-order valence-electron chi connectivity index (χ4n) is 2.50. The van der Waals surface area contributed by atoms with E-state index in [9.17, 15) is 4.79 Å². The standard InChI is InChI=1S/C15H21NO3/c1-18-14-9-12(16)7-8-13(14)15(17)19-10-11-5-3-2-4-6-11/h7-9,11H,2-6,10,16H2,1H3. The quantitative estimate of drug-likeness (QED) is 0.670. The van der Waals surface area contributed by atoms with E-state index < -0.39 is 0 Å². The van der Waals surface area contributed by atoms with Gasteiger partial charge in [-0.15, -0.1) is 0 Å². The Morgan fingerprint density at radius 1 is 1.32 bits per heavy atom. The van der Waals surface area contributed by atoms with Gasteiger partial charge in [-0.05, 0) is 30.9 Å². The number of carbonyl (C=O) groups excluding carboxylic acids is 1. The Hall–Kier alpha value is -1.71. The molecule has 1 aromatic carbocycles. The van der Waals surface area contributed by atoms with Crippen LogP contribution in [0.3, 0.4) is 0 Å². The molecule has 0 amide bonds. The maximum Gasteiger partial charge on any atom is 0.341 e. The van der Waals surface area contributed by atoms with Gasteiger partial charge >= 0.3 is 5.97 Å². The molecule has 1 aliphatic carbocycles. The zero-order valence-electron chi connectivity index (χ0n) is 11.4. The van der Waals surface area contributed by atoms with Crippen molar-refractivity contribution in [1.29, 1.82) is 0 Å². The van der Waals surface area contributed by atoms with Crippen LogP contribution in [0.15, 0.2) is 18.2 Å². The number of hydrogen-bond acceptors (Lipinski definition) is 4. The first-order valence-corrected chi connectivity index (χ1v) is 6.81. The Balaban J connectivity index is 1.95. The third-order valence-corrected chi connectivity index (χ3v) is 3.62. The number of benzene rings is 1. The van der Waals surface area contributed by atoms with Crippen LogP contribution in [0.2, 0.25) is 0 Å². The highest BCUT2D eigenvalue weighted by molar-refractivity contribution is 5.93. The van der Waals surface area contributed by atoms with Gasteiger partial charge in [0.05, 0.1) is 13.7 Å². The summed E-state index contributed by atoms with van der Waals surface area (Å²) in [6.07, 6.45) is 6.11. The van der Waals surface area contributed by atoms with Crippen molar-refractivity contribution in [3.8, 4) is 5.75 Å². The number of carbonyl (C=O) groups is 1. The number of methoxy groups -OCH3 is 1. The average molecular weight is 263 g/mol. The molecule has 1 aromatic rings. The molecule has 1 fully saturated rings. The second kappa shape index (κ2) is 6.45.